The number of benzene rings is 1. The zero-order chi connectivity index (χ0) is 14.8. The molecule has 110 valence electrons. The predicted molar refractivity (Wildman–Crippen MR) is 80.3 cm³/mol. The van der Waals surface area contributed by atoms with Gasteiger partial charge in [-0.2, -0.15) is 5.10 Å². The quantitative estimate of drug-likeness (QED) is 0.778. The summed E-state index contributed by atoms with van der Waals surface area (Å²) in [7, 11) is 1.69. The van der Waals surface area contributed by atoms with Gasteiger partial charge in [0.1, 0.15) is 17.5 Å². The SMILES string of the molecule is COCCn1nc(C)nc1Cc1ccc2nc(C)[nH]c2c1. The van der Waals surface area contributed by atoms with Crippen molar-refractivity contribution >= 4 is 11.0 Å². The van der Waals surface area contributed by atoms with Crippen LogP contribution in [0.1, 0.15) is 23.0 Å². The minimum absolute atomic E-state index is 0.634. The zero-order valence-electron chi connectivity index (χ0n) is 12.6. The number of aromatic amines is 1. The van der Waals surface area contributed by atoms with Crippen molar-refractivity contribution in [1.82, 2.24) is 24.7 Å². The summed E-state index contributed by atoms with van der Waals surface area (Å²) in [5.74, 6) is 2.68. The van der Waals surface area contributed by atoms with Crippen LogP contribution in [-0.4, -0.2) is 38.4 Å². The van der Waals surface area contributed by atoms with Crippen LogP contribution in [0.5, 0.6) is 0 Å². The molecule has 6 heteroatoms. The maximum absolute atomic E-state index is 5.12. The summed E-state index contributed by atoms with van der Waals surface area (Å²) in [6.45, 7) is 5.23. The molecule has 0 bridgehead atoms. The van der Waals surface area contributed by atoms with E-state index in [1.165, 1.54) is 5.56 Å². The highest BCUT2D eigenvalue weighted by atomic mass is 16.5. The van der Waals surface area contributed by atoms with E-state index in [-0.39, 0.29) is 0 Å². The van der Waals surface area contributed by atoms with Gasteiger partial charge in [-0.05, 0) is 31.5 Å². The molecule has 2 heterocycles. The van der Waals surface area contributed by atoms with Crippen molar-refractivity contribution in [3.63, 3.8) is 0 Å². The van der Waals surface area contributed by atoms with Crippen LogP contribution in [0, 0.1) is 13.8 Å². The van der Waals surface area contributed by atoms with E-state index in [0.717, 1.165) is 41.5 Å². The van der Waals surface area contributed by atoms with Gasteiger partial charge in [-0.15, -0.1) is 0 Å². The molecule has 21 heavy (non-hydrogen) atoms. The molecule has 0 saturated carbocycles. The van der Waals surface area contributed by atoms with Crippen LogP contribution in [0.3, 0.4) is 0 Å². The number of methoxy groups -OCH3 is 1. The normalized spacial score (nSPS) is 11.4. The van der Waals surface area contributed by atoms with Crippen LogP contribution >= 0.6 is 0 Å². The largest absolute Gasteiger partial charge is 0.383 e. The molecule has 0 saturated heterocycles. The van der Waals surface area contributed by atoms with Gasteiger partial charge in [-0.25, -0.2) is 14.6 Å². The third-order valence-electron chi connectivity index (χ3n) is 3.39. The van der Waals surface area contributed by atoms with Crippen LogP contribution in [0.4, 0.5) is 0 Å². The van der Waals surface area contributed by atoms with Crippen molar-refractivity contribution in [1.29, 1.82) is 0 Å². The van der Waals surface area contributed by atoms with Crippen molar-refractivity contribution in [3.8, 4) is 0 Å². The third-order valence-corrected chi connectivity index (χ3v) is 3.39. The van der Waals surface area contributed by atoms with Gasteiger partial charge in [-0.3, -0.25) is 0 Å². The molecule has 3 rings (SSSR count). The van der Waals surface area contributed by atoms with Gasteiger partial charge in [0.2, 0.25) is 0 Å². The second kappa shape index (κ2) is 5.65. The lowest BCUT2D eigenvalue weighted by atomic mass is 10.1. The maximum Gasteiger partial charge on any atom is 0.147 e. The van der Waals surface area contributed by atoms with Crippen LogP contribution in [0.2, 0.25) is 0 Å². The molecule has 3 aromatic rings. The highest BCUT2D eigenvalue weighted by Gasteiger charge is 2.09. The fraction of sp³-hybridized carbons (Fsp3) is 0.400. The number of hydrogen-bond acceptors (Lipinski definition) is 4. The number of aromatic nitrogens is 5. The topological polar surface area (TPSA) is 68.6 Å². The Labute approximate surface area is 123 Å². The monoisotopic (exact) mass is 285 g/mol. The van der Waals surface area contributed by atoms with Gasteiger partial charge in [0.15, 0.2) is 0 Å². The van der Waals surface area contributed by atoms with E-state index < -0.39 is 0 Å². The van der Waals surface area contributed by atoms with E-state index in [0.29, 0.717) is 6.61 Å². The number of H-pyrrole nitrogens is 1. The second-order valence-corrected chi connectivity index (χ2v) is 5.14. The minimum Gasteiger partial charge on any atom is -0.383 e. The van der Waals surface area contributed by atoms with E-state index in [9.17, 15) is 0 Å². The number of ether oxygens (including phenoxy) is 1. The van der Waals surface area contributed by atoms with Crippen molar-refractivity contribution < 1.29 is 4.74 Å². The molecule has 0 fully saturated rings. The lowest BCUT2D eigenvalue weighted by Crippen LogP contribution is -2.10. The molecule has 1 aromatic carbocycles. The van der Waals surface area contributed by atoms with E-state index in [1.807, 2.05) is 24.6 Å². The molecular formula is C15H19N5O. The first-order valence-corrected chi connectivity index (χ1v) is 7.00. The van der Waals surface area contributed by atoms with Crippen molar-refractivity contribution in [2.75, 3.05) is 13.7 Å². The molecule has 0 radical (unpaired) electrons. The second-order valence-electron chi connectivity index (χ2n) is 5.14. The summed E-state index contributed by atoms with van der Waals surface area (Å²) in [6.07, 6.45) is 0.749. The van der Waals surface area contributed by atoms with E-state index in [2.05, 4.69) is 32.2 Å². The number of aryl methyl sites for hydroxylation is 2. The molecule has 0 aliphatic rings. The summed E-state index contributed by atoms with van der Waals surface area (Å²) >= 11 is 0. The molecule has 0 aliphatic carbocycles. The average Bonchev–Trinajstić information content (AvgIpc) is 2.98. The highest BCUT2D eigenvalue weighted by Crippen LogP contribution is 2.16. The Morgan fingerprint density at radius 3 is 2.90 bits per heavy atom. The number of nitrogens with zero attached hydrogens (tertiary/aromatic N) is 4. The molecule has 0 amide bonds. The van der Waals surface area contributed by atoms with Crippen LogP contribution < -0.4 is 0 Å². The standard InChI is InChI=1S/C15H19N5O/c1-10-16-13-5-4-12(8-14(13)17-10)9-15-18-11(2)19-20(15)6-7-21-3/h4-5,8H,6-7,9H2,1-3H3,(H,16,17). The summed E-state index contributed by atoms with van der Waals surface area (Å²) in [6, 6.07) is 6.25. The average molecular weight is 285 g/mol. The minimum atomic E-state index is 0.634. The molecule has 2 aromatic heterocycles. The summed E-state index contributed by atoms with van der Waals surface area (Å²) < 4.78 is 7.04. The van der Waals surface area contributed by atoms with Gasteiger partial charge < -0.3 is 9.72 Å². The van der Waals surface area contributed by atoms with Gasteiger partial charge in [0.25, 0.3) is 0 Å². The summed E-state index contributed by atoms with van der Waals surface area (Å²) in [4.78, 5) is 12.2. The molecule has 1 N–H and O–H groups in total. The van der Waals surface area contributed by atoms with Crippen molar-refractivity contribution in [2.45, 2.75) is 26.8 Å². The Hall–Kier alpha value is -2.21. The molecular weight excluding hydrogens is 266 g/mol. The zero-order valence-corrected chi connectivity index (χ0v) is 12.6. The van der Waals surface area contributed by atoms with E-state index >= 15 is 0 Å². The number of rotatable bonds is 5. The first-order chi connectivity index (χ1) is 10.2. The third kappa shape index (κ3) is 2.95. The van der Waals surface area contributed by atoms with E-state index in [1.54, 1.807) is 7.11 Å². The lowest BCUT2D eigenvalue weighted by molar-refractivity contribution is 0.182. The smallest absolute Gasteiger partial charge is 0.147 e. The van der Waals surface area contributed by atoms with Crippen molar-refractivity contribution in [3.05, 3.63) is 41.2 Å². The first kappa shape index (κ1) is 13.8. The molecule has 6 nitrogen and oxygen atoms in total. The van der Waals surface area contributed by atoms with Crippen LogP contribution in [0.15, 0.2) is 18.2 Å². The highest BCUT2D eigenvalue weighted by molar-refractivity contribution is 5.75. The summed E-state index contributed by atoms with van der Waals surface area (Å²) in [5.41, 5.74) is 3.25. The van der Waals surface area contributed by atoms with Gasteiger partial charge in [0, 0.05) is 13.5 Å². The van der Waals surface area contributed by atoms with Crippen LogP contribution in [0.25, 0.3) is 11.0 Å². The Morgan fingerprint density at radius 1 is 1.24 bits per heavy atom. The fourth-order valence-corrected chi connectivity index (χ4v) is 2.46. The Bertz CT molecular complexity index is 759. The first-order valence-electron chi connectivity index (χ1n) is 7.00. The Kier molecular flexibility index (Phi) is 3.70. The Morgan fingerprint density at radius 2 is 2.10 bits per heavy atom. The predicted octanol–water partition coefficient (Wildman–Crippen LogP) is 2.01. The molecule has 0 spiro atoms. The number of hydrogen-bond donors (Lipinski definition) is 1. The van der Waals surface area contributed by atoms with Crippen molar-refractivity contribution in [2.24, 2.45) is 0 Å². The maximum atomic E-state index is 5.12. The van der Waals surface area contributed by atoms with Gasteiger partial charge >= 0.3 is 0 Å². The fourth-order valence-electron chi connectivity index (χ4n) is 2.46. The number of imidazole rings is 1. The number of fused-ring (bicyclic) bond motifs is 1. The van der Waals surface area contributed by atoms with Gasteiger partial charge in [0.05, 0.1) is 24.2 Å². The molecule has 0 unspecified atom stereocenters. The molecule has 0 aliphatic heterocycles. The van der Waals surface area contributed by atoms with Crippen LogP contribution in [-0.2, 0) is 17.7 Å². The molecule has 0 atom stereocenters. The number of nitrogens with one attached hydrogen (secondary N) is 1. The summed E-state index contributed by atoms with van der Waals surface area (Å²) in [5, 5.41) is 4.42. The lowest BCUT2D eigenvalue weighted by Gasteiger charge is -2.05. The Balaban J connectivity index is 1.87. The van der Waals surface area contributed by atoms with Gasteiger partial charge in [-0.1, -0.05) is 6.07 Å². The van der Waals surface area contributed by atoms with E-state index in [4.69, 9.17) is 4.74 Å².